The molecule has 0 aliphatic carbocycles. The Hall–Kier alpha value is -1.33. The van der Waals surface area contributed by atoms with Gasteiger partial charge in [0.15, 0.2) is 0 Å². The summed E-state index contributed by atoms with van der Waals surface area (Å²) in [7, 11) is 0. The Morgan fingerprint density at radius 2 is 2.18 bits per heavy atom. The van der Waals surface area contributed by atoms with Crippen molar-refractivity contribution in [2.75, 3.05) is 32.8 Å². The molecule has 5 heteroatoms. The van der Waals surface area contributed by atoms with E-state index in [0.29, 0.717) is 5.92 Å². The summed E-state index contributed by atoms with van der Waals surface area (Å²) >= 11 is 0. The van der Waals surface area contributed by atoms with Gasteiger partial charge in [0.05, 0.1) is 12.5 Å². The summed E-state index contributed by atoms with van der Waals surface area (Å²) in [6, 6.07) is 2.02. The van der Waals surface area contributed by atoms with Crippen LogP contribution in [0.2, 0.25) is 0 Å². The SMILES string of the molecule is O=C(NC[C@H]1CCCN(Cc2ccoc2)C1)C1CCOCC1. The molecule has 0 radical (unpaired) electrons. The molecule has 3 rings (SSSR count). The Bertz CT molecular complexity index is 454. The molecule has 0 spiro atoms. The quantitative estimate of drug-likeness (QED) is 0.904. The molecule has 0 unspecified atom stereocenters. The zero-order valence-corrected chi connectivity index (χ0v) is 13.1. The Balaban J connectivity index is 1.41. The van der Waals surface area contributed by atoms with Crippen molar-refractivity contribution in [1.29, 1.82) is 0 Å². The molecule has 0 aromatic carbocycles. The van der Waals surface area contributed by atoms with Crippen LogP contribution in [0.5, 0.6) is 0 Å². The normalized spacial score (nSPS) is 24.3. The second-order valence-electron chi connectivity index (χ2n) is 6.51. The van der Waals surface area contributed by atoms with Crippen LogP contribution < -0.4 is 5.32 Å². The number of piperidine rings is 1. The van der Waals surface area contributed by atoms with E-state index in [2.05, 4.69) is 10.2 Å². The number of hydrogen-bond acceptors (Lipinski definition) is 4. The maximum absolute atomic E-state index is 12.2. The fourth-order valence-electron chi connectivity index (χ4n) is 3.45. The van der Waals surface area contributed by atoms with Crippen molar-refractivity contribution in [2.45, 2.75) is 32.2 Å². The first-order chi connectivity index (χ1) is 10.8. The molecule has 1 aromatic heterocycles. The van der Waals surface area contributed by atoms with Crippen molar-refractivity contribution in [2.24, 2.45) is 11.8 Å². The molecule has 122 valence electrons. The fraction of sp³-hybridized carbons (Fsp3) is 0.706. The van der Waals surface area contributed by atoms with E-state index in [1.54, 1.807) is 6.26 Å². The van der Waals surface area contributed by atoms with Gasteiger partial charge in [-0.1, -0.05) is 0 Å². The molecule has 22 heavy (non-hydrogen) atoms. The fourth-order valence-corrected chi connectivity index (χ4v) is 3.45. The van der Waals surface area contributed by atoms with E-state index in [-0.39, 0.29) is 11.8 Å². The predicted molar refractivity (Wildman–Crippen MR) is 83.3 cm³/mol. The maximum Gasteiger partial charge on any atom is 0.223 e. The molecule has 1 amide bonds. The molecule has 0 saturated carbocycles. The van der Waals surface area contributed by atoms with Crippen molar-refractivity contribution in [1.82, 2.24) is 10.2 Å². The first-order valence-corrected chi connectivity index (χ1v) is 8.40. The third kappa shape index (κ3) is 4.34. The lowest BCUT2D eigenvalue weighted by atomic mass is 9.96. The van der Waals surface area contributed by atoms with Crippen LogP contribution in [0, 0.1) is 11.8 Å². The minimum absolute atomic E-state index is 0.152. The Morgan fingerprint density at radius 3 is 2.95 bits per heavy atom. The van der Waals surface area contributed by atoms with Gasteiger partial charge in [-0.05, 0) is 44.2 Å². The smallest absolute Gasteiger partial charge is 0.223 e. The summed E-state index contributed by atoms with van der Waals surface area (Å²) in [5.41, 5.74) is 1.23. The molecule has 0 bridgehead atoms. The number of ether oxygens (including phenoxy) is 1. The standard InChI is InChI=1S/C17H26N2O3/c20-17(16-4-8-21-9-5-16)18-10-14-2-1-6-19(11-14)12-15-3-7-22-13-15/h3,7,13-14,16H,1-2,4-6,8-12H2,(H,18,20)/t14-/m1/s1. The van der Waals surface area contributed by atoms with Crippen LogP contribution >= 0.6 is 0 Å². The monoisotopic (exact) mass is 306 g/mol. The zero-order valence-electron chi connectivity index (χ0n) is 13.1. The van der Waals surface area contributed by atoms with Gasteiger partial charge < -0.3 is 14.5 Å². The number of carbonyl (C=O) groups excluding carboxylic acids is 1. The molecule has 2 aliphatic rings. The number of carbonyl (C=O) groups is 1. The predicted octanol–water partition coefficient (Wildman–Crippen LogP) is 2.03. The van der Waals surface area contributed by atoms with E-state index in [1.165, 1.54) is 18.4 Å². The lowest BCUT2D eigenvalue weighted by Gasteiger charge is -2.33. The van der Waals surface area contributed by atoms with Crippen LogP contribution in [0.1, 0.15) is 31.2 Å². The Morgan fingerprint density at radius 1 is 1.32 bits per heavy atom. The lowest BCUT2D eigenvalue weighted by Crippen LogP contribution is -2.42. The van der Waals surface area contributed by atoms with Crippen molar-refractivity contribution in [3.63, 3.8) is 0 Å². The van der Waals surface area contributed by atoms with Crippen molar-refractivity contribution in [3.8, 4) is 0 Å². The van der Waals surface area contributed by atoms with Crippen molar-refractivity contribution >= 4 is 5.91 Å². The second-order valence-corrected chi connectivity index (χ2v) is 6.51. The van der Waals surface area contributed by atoms with E-state index in [1.807, 2.05) is 12.3 Å². The number of amides is 1. The number of nitrogens with zero attached hydrogens (tertiary/aromatic N) is 1. The Labute approximate surface area is 132 Å². The molecule has 2 fully saturated rings. The van der Waals surface area contributed by atoms with Crippen LogP contribution in [0.3, 0.4) is 0 Å². The average molecular weight is 306 g/mol. The minimum Gasteiger partial charge on any atom is -0.472 e. The number of nitrogens with one attached hydrogen (secondary N) is 1. The highest BCUT2D eigenvalue weighted by Crippen LogP contribution is 2.19. The molecule has 2 aliphatic heterocycles. The number of rotatable bonds is 5. The topological polar surface area (TPSA) is 54.7 Å². The van der Waals surface area contributed by atoms with Gasteiger partial charge in [0, 0.05) is 44.3 Å². The highest BCUT2D eigenvalue weighted by atomic mass is 16.5. The molecule has 1 N–H and O–H groups in total. The first kappa shape index (κ1) is 15.6. The summed E-state index contributed by atoms with van der Waals surface area (Å²) in [5.74, 6) is 0.930. The van der Waals surface area contributed by atoms with E-state index in [0.717, 1.165) is 52.2 Å². The molecule has 2 saturated heterocycles. The summed E-state index contributed by atoms with van der Waals surface area (Å²) < 4.78 is 10.4. The van der Waals surface area contributed by atoms with Gasteiger partial charge in [-0.25, -0.2) is 0 Å². The summed E-state index contributed by atoms with van der Waals surface area (Å²) in [6.07, 6.45) is 7.68. The van der Waals surface area contributed by atoms with Gasteiger partial charge in [0.2, 0.25) is 5.91 Å². The van der Waals surface area contributed by atoms with Crippen LogP contribution in [0.4, 0.5) is 0 Å². The van der Waals surface area contributed by atoms with Crippen LogP contribution in [0.25, 0.3) is 0 Å². The van der Waals surface area contributed by atoms with Gasteiger partial charge in [-0.3, -0.25) is 9.69 Å². The number of furan rings is 1. The van der Waals surface area contributed by atoms with Gasteiger partial charge in [0.25, 0.3) is 0 Å². The van der Waals surface area contributed by atoms with Crippen molar-refractivity contribution < 1.29 is 13.9 Å². The molecule has 3 heterocycles. The van der Waals surface area contributed by atoms with E-state index in [9.17, 15) is 4.79 Å². The summed E-state index contributed by atoms with van der Waals surface area (Å²) in [6.45, 7) is 5.38. The minimum atomic E-state index is 0.152. The zero-order chi connectivity index (χ0) is 15.2. The van der Waals surface area contributed by atoms with Crippen molar-refractivity contribution in [3.05, 3.63) is 24.2 Å². The molecular formula is C17H26N2O3. The summed E-state index contributed by atoms with van der Waals surface area (Å²) in [4.78, 5) is 14.6. The average Bonchev–Trinajstić information content (AvgIpc) is 3.07. The van der Waals surface area contributed by atoms with Gasteiger partial charge >= 0.3 is 0 Å². The maximum atomic E-state index is 12.2. The second kappa shape index (κ2) is 7.79. The van der Waals surface area contributed by atoms with Crippen LogP contribution in [-0.4, -0.2) is 43.7 Å². The van der Waals surface area contributed by atoms with Gasteiger partial charge in [-0.15, -0.1) is 0 Å². The van der Waals surface area contributed by atoms with Gasteiger partial charge in [0.1, 0.15) is 0 Å². The number of hydrogen-bond donors (Lipinski definition) is 1. The largest absolute Gasteiger partial charge is 0.472 e. The highest BCUT2D eigenvalue weighted by molar-refractivity contribution is 5.78. The van der Waals surface area contributed by atoms with Gasteiger partial charge in [-0.2, -0.15) is 0 Å². The third-order valence-electron chi connectivity index (χ3n) is 4.75. The molecular weight excluding hydrogens is 280 g/mol. The summed E-state index contributed by atoms with van der Waals surface area (Å²) in [5, 5.41) is 3.16. The first-order valence-electron chi connectivity index (χ1n) is 8.40. The highest BCUT2D eigenvalue weighted by Gasteiger charge is 2.24. The lowest BCUT2D eigenvalue weighted by molar-refractivity contribution is -0.128. The number of likely N-dealkylation sites (tertiary alicyclic amines) is 1. The van der Waals surface area contributed by atoms with E-state index < -0.39 is 0 Å². The van der Waals surface area contributed by atoms with Crippen LogP contribution in [0.15, 0.2) is 23.0 Å². The van der Waals surface area contributed by atoms with Crippen LogP contribution in [-0.2, 0) is 16.1 Å². The Kier molecular flexibility index (Phi) is 5.51. The van der Waals surface area contributed by atoms with E-state index in [4.69, 9.17) is 9.15 Å². The molecule has 1 aromatic rings. The molecule has 1 atom stereocenters. The third-order valence-corrected chi connectivity index (χ3v) is 4.75. The molecule has 5 nitrogen and oxygen atoms in total. The van der Waals surface area contributed by atoms with E-state index >= 15 is 0 Å².